The van der Waals surface area contributed by atoms with Gasteiger partial charge in [0.05, 0.1) is 29.3 Å². The number of ether oxygens (including phenoxy) is 1. The maximum Gasteiger partial charge on any atom is 0.241 e. The molecule has 2 atom stereocenters. The summed E-state index contributed by atoms with van der Waals surface area (Å²) >= 11 is 0. The molecule has 3 aromatic heterocycles. The highest BCUT2D eigenvalue weighted by Crippen LogP contribution is 2.31. The fraction of sp³-hybridized carbons (Fsp3) is 0.500. The molecule has 8 nitrogen and oxygen atoms in total. The second-order valence-electron chi connectivity index (χ2n) is 8.46. The molecule has 1 fully saturated rings. The number of halogens is 1. The van der Waals surface area contributed by atoms with Crippen LogP contribution < -0.4 is 10.1 Å². The Morgan fingerprint density at radius 3 is 2.83 bits per heavy atom. The number of rotatable bonds is 5. The van der Waals surface area contributed by atoms with Gasteiger partial charge in [0.15, 0.2) is 0 Å². The van der Waals surface area contributed by atoms with Gasteiger partial charge in [0, 0.05) is 37.7 Å². The summed E-state index contributed by atoms with van der Waals surface area (Å²) in [6, 6.07) is 1.87. The summed E-state index contributed by atoms with van der Waals surface area (Å²) in [5.41, 5.74) is 2.71. The Morgan fingerprint density at radius 2 is 2.21 bits per heavy atom. The molecular weight excluding hydrogens is 375 g/mol. The molecule has 4 heterocycles. The number of amides is 1. The third-order valence-electron chi connectivity index (χ3n) is 5.18. The van der Waals surface area contributed by atoms with Crippen molar-refractivity contribution in [1.82, 2.24) is 29.6 Å². The molecule has 154 valence electrons. The number of nitrogens with zero attached hydrogens (tertiary/aromatic N) is 5. The van der Waals surface area contributed by atoms with Gasteiger partial charge >= 0.3 is 0 Å². The molecule has 0 aromatic carbocycles. The van der Waals surface area contributed by atoms with Gasteiger partial charge in [-0.1, -0.05) is 0 Å². The lowest BCUT2D eigenvalue weighted by atomic mass is 10.0. The summed E-state index contributed by atoms with van der Waals surface area (Å²) < 4.78 is 23.5. The molecule has 0 saturated carbocycles. The number of pyridine rings is 1. The maximum atomic E-state index is 13.8. The zero-order valence-electron chi connectivity index (χ0n) is 17.0. The molecule has 0 spiro atoms. The van der Waals surface area contributed by atoms with E-state index in [1.807, 2.05) is 24.0 Å². The summed E-state index contributed by atoms with van der Waals surface area (Å²) in [6.45, 7) is 5.90. The Labute approximate surface area is 168 Å². The minimum atomic E-state index is -0.757. The number of nitrogens with one attached hydrogen (secondary N) is 1. The van der Waals surface area contributed by atoms with Crippen molar-refractivity contribution in [2.24, 2.45) is 13.0 Å². The van der Waals surface area contributed by atoms with Gasteiger partial charge in [0.1, 0.15) is 18.3 Å². The Bertz CT molecular complexity index is 1050. The first-order chi connectivity index (χ1) is 13.8. The second kappa shape index (κ2) is 7.13. The van der Waals surface area contributed by atoms with Crippen LogP contribution in [-0.4, -0.2) is 49.5 Å². The monoisotopic (exact) mass is 400 g/mol. The van der Waals surface area contributed by atoms with E-state index in [0.717, 1.165) is 5.56 Å². The number of aromatic nitrogens is 5. The van der Waals surface area contributed by atoms with E-state index in [9.17, 15) is 9.18 Å². The Balaban J connectivity index is 1.73. The third kappa shape index (κ3) is 3.68. The quantitative estimate of drug-likeness (QED) is 0.711. The topological polar surface area (TPSA) is 86.9 Å². The summed E-state index contributed by atoms with van der Waals surface area (Å²) in [5, 5.41) is 7.16. The summed E-state index contributed by atoms with van der Waals surface area (Å²) in [6.07, 6.45) is 4.84. The number of fused-ring (bicyclic) bond motifs is 1. The van der Waals surface area contributed by atoms with Crippen LogP contribution in [0, 0.1) is 5.92 Å². The number of carbonyl (C=O) groups is 1. The molecule has 1 saturated heterocycles. The predicted octanol–water partition coefficient (Wildman–Crippen LogP) is 2.44. The van der Waals surface area contributed by atoms with E-state index in [-0.39, 0.29) is 23.8 Å². The molecular formula is C20H25FN6O2. The highest BCUT2D eigenvalue weighted by Gasteiger charge is 2.32. The minimum absolute atomic E-state index is 0.0842. The normalized spacial score (nSPS) is 18.2. The number of carbonyl (C=O) groups excluding carboxylic acids is 1. The number of hydrogen-bond donors (Lipinski definition) is 1. The molecule has 1 N–H and O–H groups in total. The number of imidazole rings is 1. The first kappa shape index (κ1) is 19.4. The highest BCUT2D eigenvalue weighted by molar-refractivity contribution is 5.84. The van der Waals surface area contributed by atoms with Gasteiger partial charge in [-0.15, -0.1) is 0 Å². The van der Waals surface area contributed by atoms with Crippen molar-refractivity contribution >= 4 is 16.9 Å². The van der Waals surface area contributed by atoms with Crippen LogP contribution in [0.2, 0.25) is 0 Å². The second-order valence-corrected chi connectivity index (χ2v) is 8.46. The molecule has 29 heavy (non-hydrogen) atoms. The Morgan fingerprint density at radius 1 is 1.41 bits per heavy atom. The minimum Gasteiger partial charge on any atom is -0.470 e. The summed E-state index contributed by atoms with van der Waals surface area (Å²) in [4.78, 5) is 20.6. The van der Waals surface area contributed by atoms with E-state index in [4.69, 9.17) is 4.74 Å². The Hall–Kier alpha value is -2.97. The Kier molecular flexibility index (Phi) is 4.76. The van der Waals surface area contributed by atoms with E-state index < -0.39 is 12.8 Å². The van der Waals surface area contributed by atoms with Crippen molar-refractivity contribution in [3.8, 4) is 17.1 Å². The largest absolute Gasteiger partial charge is 0.470 e. The number of alkyl halides is 1. The van der Waals surface area contributed by atoms with Crippen molar-refractivity contribution in [3.05, 3.63) is 24.8 Å². The fourth-order valence-corrected chi connectivity index (χ4v) is 3.48. The molecule has 1 aliphatic heterocycles. The van der Waals surface area contributed by atoms with Gasteiger partial charge < -0.3 is 14.6 Å². The van der Waals surface area contributed by atoms with Crippen molar-refractivity contribution in [1.29, 1.82) is 0 Å². The van der Waals surface area contributed by atoms with Crippen LogP contribution in [0.4, 0.5) is 4.39 Å². The molecule has 9 heteroatoms. The zero-order valence-corrected chi connectivity index (χ0v) is 17.0. The van der Waals surface area contributed by atoms with Crippen LogP contribution in [0.1, 0.15) is 27.2 Å². The maximum absolute atomic E-state index is 13.8. The average Bonchev–Trinajstić information content (AvgIpc) is 3.39. The zero-order chi connectivity index (χ0) is 20.8. The molecule has 1 amide bonds. The van der Waals surface area contributed by atoms with Gasteiger partial charge in [-0.2, -0.15) is 5.10 Å². The summed E-state index contributed by atoms with van der Waals surface area (Å²) in [7, 11) is 1.84. The molecule has 0 radical (unpaired) electrons. The number of hydrogen-bond acceptors (Lipinski definition) is 5. The lowest BCUT2D eigenvalue weighted by Crippen LogP contribution is -2.31. The van der Waals surface area contributed by atoms with E-state index in [1.165, 1.54) is 0 Å². The van der Waals surface area contributed by atoms with Crippen molar-refractivity contribution in [2.45, 2.75) is 38.8 Å². The molecule has 4 rings (SSSR count). The third-order valence-corrected chi connectivity index (χ3v) is 5.18. The lowest BCUT2D eigenvalue weighted by molar-refractivity contribution is -0.119. The van der Waals surface area contributed by atoms with Crippen molar-refractivity contribution in [3.63, 3.8) is 0 Å². The van der Waals surface area contributed by atoms with Crippen LogP contribution in [0.3, 0.4) is 0 Å². The first-order valence-corrected chi connectivity index (χ1v) is 9.63. The smallest absolute Gasteiger partial charge is 0.241 e. The van der Waals surface area contributed by atoms with E-state index >= 15 is 0 Å². The van der Waals surface area contributed by atoms with Crippen LogP contribution in [0.5, 0.6) is 5.88 Å². The summed E-state index contributed by atoms with van der Waals surface area (Å²) in [5.74, 6) is -0.00748. The molecule has 3 aromatic rings. The van der Waals surface area contributed by atoms with Gasteiger partial charge in [0.2, 0.25) is 11.8 Å². The van der Waals surface area contributed by atoms with E-state index in [2.05, 4.69) is 41.2 Å². The van der Waals surface area contributed by atoms with Gasteiger partial charge in [0.25, 0.3) is 0 Å². The average molecular weight is 400 g/mol. The van der Waals surface area contributed by atoms with Crippen LogP contribution in [0.25, 0.3) is 22.3 Å². The van der Waals surface area contributed by atoms with Crippen LogP contribution >= 0.6 is 0 Å². The predicted molar refractivity (Wildman–Crippen MR) is 106 cm³/mol. The first-order valence-electron chi connectivity index (χ1n) is 9.63. The highest BCUT2D eigenvalue weighted by atomic mass is 19.1. The van der Waals surface area contributed by atoms with E-state index in [0.29, 0.717) is 29.2 Å². The molecule has 0 unspecified atom stereocenters. The van der Waals surface area contributed by atoms with Crippen molar-refractivity contribution < 1.29 is 13.9 Å². The van der Waals surface area contributed by atoms with Gasteiger partial charge in [-0.05, 0) is 26.8 Å². The molecule has 0 aliphatic carbocycles. The fourth-order valence-electron chi connectivity index (χ4n) is 3.48. The molecule has 1 aliphatic rings. The molecule has 0 bridgehead atoms. The van der Waals surface area contributed by atoms with Gasteiger partial charge in [-0.3, -0.25) is 9.48 Å². The van der Waals surface area contributed by atoms with Crippen LogP contribution in [-0.2, 0) is 17.4 Å². The van der Waals surface area contributed by atoms with Crippen molar-refractivity contribution in [2.75, 3.05) is 13.2 Å². The number of aryl methyl sites for hydroxylation is 1. The van der Waals surface area contributed by atoms with Crippen LogP contribution in [0.15, 0.2) is 24.8 Å². The van der Waals surface area contributed by atoms with Gasteiger partial charge in [-0.25, -0.2) is 14.4 Å². The van der Waals surface area contributed by atoms with E-state index in [1.54, 1.807) is 17.1 Å². The lowest BCUT2D eigenvalue weighted by Gasteiger charge is -2.21. The standard InChI is InChI=1S/C20H25FN6O2/c1-20(2,3)27-10-13(9-24-27)14-6-15-18(26(4)11-23-15)19(25-14)29-16(7-21)12-5-17(28)22-8-12/h6,9-12,16H,5,7-8H2,1-4H3,(H,22,28)/t12-,16-/m1/s1. The SMILES string of the molecule is Cn1cnc2cc(-c3cnn(C(C)(C)C)c3)nc(O[C@H](CF)[C@H]3CNC(=O)C3)c21.